The first-order chi connectivity index (χ1) is 8.70. The number of carbonyl (C=O) groups excluding carboxylic acids is 1. The minimum absolute atomic E-state index is 0.0370. The quantitative estimate of drug-likeness (QED) is 0.815. The highest BCUT2D eigenvalue weighted by atomic mass is 16.2. The van der Waals surface area contributed by atoms with Gasteiger partial charge in [-0.1, -0.05) is 27.7 Å². The van der Waals surface area contributed by atoms with E-state index >= 15 is 0 Å². The second kappa shape index (κ2) is 6.71. The Bertz CT molecular complexity index is 298. The molecule has 0 spiro atoms. The van der Waals surface area contributed by atoms with Gasteiger partial charge in [-0.05, 0) is 37.6 Å². The molecule has 0 bridgehead atoms. The Morgan fingerprint density at radius 3 is 2.63 bits per heavy atom. The Morgan fingerprint density at radius 2 is 2.11 bits per heavy atom. The summed E-state index contributed by atoms with van der Waals surface area (Å²) in [6.45, 7) is 13.6. The van der Waals surface area contributed by atoms with Gasteiger partial charge >= 0.3 is 0 Å². The van der Waals surface area contributed by atoms with Gasteiger partial charge in [0.25, 0.3) is 0 Å². The molecule has 2 unspecified atom stereocenters. The van der Waals surface area contributed by atoms with Crippen LogP contribution in [0.5, 0.6) is 0 Å². The van der Waals surface area contributed by atoms with Crippen molar-refractivity contribution in [1.82, 2.24) is 10.2 Å². The molecule has 1 heterocycles. The Balaban J connectivity index is 2.38. The third-order valence-electron chi connectivity index (χ3n) is 3.88. The van der Waals surface area contributed by atoms with Gasteiger partial charge in [-0.25, -0.2) is 0 Å². The predicted molar refractivity (Wildman–Crippen MR) is 79.9 cm³/mol. The van der Waals surface area contributed by atoms with Crippen LogP contribution in [0.2, 0.25) is 0 Å². The van der Waals surface area contributed by atoms with E-state index < -0.39 is 6.04 Å². The minimum atomic E-state index is -0.449. The molecular formula is C15H31N3O. The fourth-order valence-electron chi connectivity index (χ4n) is 2.61. The van der Waals surface area contributed by atoms with E-state index in [2.05, 4.69) is 24.1 Å². The molecule has 0 saturated carbocycles. The van der Waals surface area contributed by atoms with Gasteiger partial charge < -0.3 is 16.0 Å². The van der Waals surface area contributed by atoms with E-state index in [1.807, 2.05) is 20.8 Å². The molecule has 112 valence electrons. The molecule has 4 nitrogen and oxygen atoms in total. The predicted octanol–water partition coefficient (Wildman–Crippen LogP) is 1.60. The number of nitrogens with one attached hydrogen (secondary N) is 1. The molecule has 1 fully saturated rings. The Labute approximate surface area is 118 Å². The molecule has 0 aromatic carbocycles. The van der Waals surface area contributed by atoms with E-state index in [0.29, 0.717) is 0 Å². The standard InChI is InChI=1S/C15H31N3O/c1-11-7-6-8-18(9-11)10-12(2)17-14(19)13(16)15(3,4)5/h11-13H,6-10,16H2,1-5H3,(H,17,19)/t11?,12?,13-/m1/s1. The first kappa shape index (κ1) is 16.4. The van der Waals surface area contributed by atoms with Crippen molar-refractivity contribution in [3.8, 4) is 0 Å². The van der Waals surface area contributed by atoms with E-state index in [9.17, 15) is 4.79 Å². The van der Waals surface area contributed by atoms with Crippen molar-refractivity contribution in [2.75, 3.05) is 19.6 Å². The zero-order valence-corrected chi connectivity index (χ0v) is 13.2. The number of hydrogen-bond acceptors (Lipinski definition) is 3. The van der Waals surface area contributed by atoms with Crippen LogP contribution in [0.4, 0.5) is 0 Å². The van der Waals surface area contributed by atoms with Crippen LogP contribution in [-0.2, 0) is 4.79 Å². The van der Waals surface area contributed by atoms with E-state index in [4.69, 9.17) is 5.73 Å². The number of carbonyl (C=O) groups is 1. The van der Waals surface area contributed by atoms with Crippen molar-refractivity contribution < 1.29 is 4.79 Å². The molecule has 1 aliphatic rings. The van der Waals surface area contributed by atoms with Gasteiger partial charge in [-0.3, -0.25) is 4.79 Å². The molecule has 3 N–H and O–H groups in total. The number of likely N-dealkylation sites (tertiary alicyclic amines) is 1. The highest BCUT2D eigenvalue weighted by Crippen LogP contribution is 2.18. The van der Waals surface area contributed by atoms with Gasteiger partial charge in [0.2, 0.25) is 5.91 Å². The first-order valence-corrected chi connectivity index (χ1v) is 7.48. The zero-order chi connectivity index (χ0) is 14.6. The van der Waals surface area contributed by atoms with Crippen LogP contribution in [-0.4, -0.2) is 42.5 Å². The molecule has 4 heteroatoms. The van der Waals surface area contributed by atoms with Crippen LogP contribution >= 0.6 is 0 Å². The number of rotatable bonds is 4. The van der Waals surface area contributed by atoms with Gasteiger partial charge in [0.1, 0.15) is 0 Å². The maximum absolute atomic E-state index is 12.1. The Hall–Kier alpha value is -0.610. The molecule has 0 radical (unpaired) electrons. The van der Waals surface area contributed by atoms with Crippen LogP contribution in [0, 0.1) is 11.3 Å². The van der Waals surface area contributed by atoms with E-state index in [1.54, 1.807) is 0 Å². The Morgan fingerprint density at radius 1 is 1.47 bits per heavy atom. The van der Waals surface area contributed by atoms with Gasteiger partial charge in [0.05, 0.1) is 6.04 Å². The summed E-state index contributed by atoms with van der Waals surface area (Å²) in [7, 11) is 0. The van der Waals surface area contributed by atoms with Crippen molar-refractivity contribution in [3.63, 3.8) is 0 Å². The van der Waals surface area contributed by atoms with E-state index in [-0.39, 0.29) is 17.4 Å². The number of nitrogens with two attached hydrogens (primary N) is 1. The maximum atomic E-state index is 12.1. The summed E-state index contributed by atoms with van der Waals surface area (Å²) in [5.74, 6) is 0.735. The fourth-order valence-corrected chi connectivity index (χ4v) is 2.61. The lowest BCUT2D eigenvalue weighted by atomic mass is 9.87. The molecule has 1 saturated heterocycles. The number of hydrogen-bond donors (Lipinski definition) is 2. The summed E-state index contributed by atoms with van der Waals surface area (Å²) in [5.41, 5.74) is 5.78. The highest BCUT2D eigenvalue weighted by molar-refractivity contribution is 5.82. The number of amides is 1. The topological polar surface area (TPSA) is 58.4 Å². The largest absolute Gasteiger partial charge is 0.351 e. The first-order valence-electron chi connectivity index (χ1n) is 7.48. The zero-order valence-electron chi connectivity index (χ0n) is 13.2. The van der Waals surface area contributed by atoms with Gasteiger partial charge in [-0.15, -0.1) is 0 Å². The van der Waals surface area contributed by atoms with Crippen LogP contribution in [0.25, 0.3) is 0 Å². The molecule has 0 aromatic rings. The lowest BCUT2D eigenvalue weighted by Gasteiger charge is -2.34. The molecule has 19 heavy (non-hydrogen) atoms. The van der Waals surface area contributed by atoms with E-state index in [0.717, 1.165) is 25.6 Å². The summed E-state index contributed by atoms with van der Waals surface area (Å²) in [4.78, 5) is 14.5. The lowest BCUT2D eigenvalue weighted by Crippen LogP contribution is -2.53. The van der Waals surface area contributed by atoms with Crippen molar-refractivity contribution >= 4 is 5.91 Å². The maximum Gasteiger partial charge on any atom is 0.237 e. The molecule has 1 amide bonds. The van der Waals surface area contributed by atoms with Gasteiger partial charge in [0, 0.05) is 19.1 Å². The Kier molecular flexibility index (Phi) is 5.81. The normalized spacial score (nSPS) is 24.8. The van der Waals surface area contributed by atoms with Crippen molar-refractivity contribution in [1.29, 1.82) is 0 Å². The summed E-state index contributed by atoms with van der Waals surface area (Å²) in [6, 6.07) is -0.290. The average Bonchev–Trinajstić information content (AvgIpc) is 2.26. The summed E-state index contributed by atoms with van der Waals surface area (Å²) < 4.78 is 0. The van der Waals surface area contributed by atoms with Crippen molar-refractivity contribution in [2.24, 2.45) is 17.1 Å². The van der Waals surface area contributed by atoms with Crippen molar-refractivity contribution in [2.45, 2.75) is 59.5 Å². The third-order valence-corrected chi connectivity index (χ3v) is 3.88. The van der Waals surface area contributed by atoms with Crippen molar-refractivity contribution in [3.05, 3.63) is 0 Å². The molecule has 0 aliphatic carbocycles. The van der Waals surface area contributed by atoms with Crippen LogP contribution in [0.15, 0.2) is 0 Å². The SMILES string of the molecule is CC1CCCN(CC(C)NC(=O)[C@@H](N)C(C)(C)C)C1. The molecule has 3 atom stereocenters. The molecule has 1 rings (SSSR count). The summed E-state index contributed by atoms with van der Waals surface area (Å²) >= 11 is 0. The van der Waals surface area contributed by atoms with Gasteiger partial charge in [-0.2, -0.15) is 0 Å². The molecular weight excluding hydrogens is 238 g/mol. The summed E-state index contributed by atoms with van der Waals surface area (Å²) in [5, 5.41) is 3.04. The number of nitrogens with zero attached hydrogens (tertiary/aromatic N) is 1. The van der Waals surface area contributed by atoms with Crippen LogP contribution in [0.1, 0.15) is 47.5 Å². The third kappa shape index (κ3) is 5.49. The molecule has 1 aliphatic heterocycles. The van der Waals surface area contributed by atoms with Crippen LogP contribution in [0.3, 0.4) is 0 Å². The second-order valence-electron chi connectivity index (χ2n) is 7.26. The molecule has 0 aromatic heterocycles. The smallest absolute Gasteiger partial charge is 0.237 e. The van der Waals surface area contributed by atoms with E-state index in [1.165, 1.54) is 12.8 Å². The van der Waals surface area contributed by atoms with Crippen LogP contribution < -0.4 is 11.1 Å². The average molecular weight is 269 g/mol. The lowest BCUT2D eigenvalue weighted by molar-refractivity contribution is -0.125. The van der Waals surface area contributed by atoms with Gasteiger partial charge in [0.15, 0.2) is 0 Å². The number of piperidine rings is 1. The fraction of sp³-hybridized carbons (Fsp3) is 0.933. The second-order valence-corrected chi connectivity index (χ2v) is 7.26. The monoisotopic (exact) mass is 269 g/mol. The highest BCUT2D eigenvalue weighted by Gasteiger charge is 2.28. The summed E-state index contributed by atoms with van der Waals surface area (Å²) in [6.07, 6.45) is 2.59. The minimum Gasteiger partial charge on any atom is -0.351 e.